The summed E-state index contributed by atoms with van der Waals surface area (Å²) in [5.41, 5.74) is 0.623. The third-order valence-corrected chi connectivity index (χ3v) is 5.79. The fraction of sp³-hybridized carbons (Fsp3) is 0.278. The number of benzene rings is 2. The molecule has 0 aliphatic carbocycles. The molecule has 25 heavy (non-hydrogen) atoms. The van der Waals surface area contributed by atoms with Crippen molar-refractivity contribution in [2.24, 2.45) is 0 Å². The van der Waals surface area contributed by atoms with E-state index >= 15 is 0 Å². The number of para-hydroxylation sites is 1. The molecular weight excluding hydrogens is 345 g/mol. The van der Waals surface area contributed by atoms with Crippen LogP contribution in [0.3, 0.4) is 0 Å². The number of sulfone groups is 1. The molecule has 2 aromatic carbocycles. The maximum absolute atomic E-state index is 13.2. The van der Waals surface area contributed by atoms with Crippen molar-refractivity contribution in [3.05, 3.63) is 60.4 Å². The van der Waals surface area contributed by atoms with Gasteiger partial charge in [0.05, 0.1) is 17.5 Å². The molecule has 1 amide bonds. The molecule has 0 unspecified atom stereocenters. The molecule has 1 fully saturated rings. The number of rotatable bonds is 5. The monoisotopic (exact) mass is 363 g/mol. The van der Waals surface area contributed by atoms with Gasteiger partial charge in [-0.25, -0.2) is 12.8 Å². The van der Waals surface area contributed by atoms with Crippen molar-refractivity contribution in [3.63, 3.8) is 0 Å². The van der Waals surface area contributed by atoms with Gasteiger partial charge in [-0.05, 0) is 30.7 Å². The van der Waals surface area contributed by atoms with Gasteiger partial charge in [-0.1, -0.05) is 24.3 Å². The molecule has 0 spiro atoms. The predicted octanol–water partition coefficient (Wildman–Crippen LogP) is 2.42. The highest BCUT2D eigenvalue weighted by Gasteiger charge is 2.35. The largest absolute Gasteiger partial charge is 0.484 e. The number of carbonyl (C=O) groups excluding carboxylic acids is 1. The second-order valence-electron chi connectivity index (χ2n) is 5.90. The van der Waals surface area contributed by atoms with E-state index in [0.29, 0.717) is 12.1 Å². The topological polar surface area (TPSA) is 63.7 Å². The van der Waals surface area contributed by atoms with Crippen molar-refractivity contribution >= 4 is 21.4 Å². The number of anilines is 1. The van der Waals surface area contributed by atoms with Crippen LogP contribution in [0.15, 0.2) is 54.6 Å². The Morgan fingerprint density at radius 2 is 1.92 bits per heavy atom. The zero-order valence-corrected chi connectivity index (χ0v) is 14.3. The molecule has 0 saturated carbocycles. The quantitative estimate of drug-likeness (QED) is 0.818. The van der Waals surface area contributed by atoms with Crippen LogP contribution in [0.5, 0.6) is 5.75 Å². The number of hydrogen-bond donors (Lipinski definition) is 0. The van der Waals surface area contributed by atoms with Crippen LogP contribution in [-0.2, 0) is 14.6 Å². The average molecular weight is 363 g/mol. The maximum Gasteiger partial charge on any atom is 0.265 e. The van der Waals surface area contributed by atoms with Crippen molar-refractivity contribution in [2.75, 3.05) is 23.0 Å². The van der Waals surface area contributed by atoms with E-state index in [0.717, 1.165) is 0 Å². The van der Waals surface area contributed by atoms with E-state index in [1.165, 1.54) is 23.1 Å². The van der Waals surface area contributed by atoms with Gasteiger partial charge >= 0.3 is 0 Å². The highest BCUT2D eigenvalue weighted by molar-refractivity contribution is 7.91. The van der Waals surface area contributed by atoms with E-state index in [4.69, 9.17) is 4.74 Å². The zero-order chi connectivity index (χ0) is 17.9. The number of hydrogen-bond acceptors (Lipinski definition) is 4. The van der Waals surface area contributed by atoms with Gasteiger partial charge in [0.25, 0.3) is 5.91 Å². The molecule has 1 aliphatic rings. The number of ether oxygens (including phenoxy) is 1. The van der Waals surface area contributed by atoms with Gasteiger partial charge in [-0.3, -0.25) is 4.79 Å². The smallest absolute Gasteiger partial charge is 0.265 e. The first-order chi connectivity index (χ1) is 11.9. The van der Waals surface area contributed by atoms with Gasteiger partial charge in [-0.2, -0.15) is 0 Å². The maximum atomic E-state index is 13.2. The highest BCUT2D eigenvalue weighted by Crippen LogP contribution is 2.25. The van der Waals surface area contributed by atoms with Crippen LogP contribution in [0.25, 0.3) is 0 Å². The van der Waals surface area contributed by atoms with E-state index in [-0.39, 0.29) is 29.8 Å². The first-order valence-corrected chi connectivity index (χ1v) is 9.73. The molecular formula is C18H18FNO4S. The summed E-state index contributed by atoms with van der Waals surface area (Å²) < 4.78 is 42.2. The molecule has 0 radical (unpaired) electrons. The molecule has 7 heteroatoms. The number of carbonyl (C=O) groups is 1. The van der Waals surface area contributed by atoms with Gasteiger partial charge in [0.2, 0.25) is 0 Å². The summed E-state index contributed by atoms with van der Waals surface area (Å²) in [6.07, 6.45) is 0.392. The Morgan fingerprint density at radius 3 is 2.56 bits per heavy atom. The van der Waals surface area contributed by atoms with Crippen molar-refractivity contribution in [3.8, 4) is 5.75 Å². The Balaban J connectivity index is 1.78. The Labute approximate surface area is 145 Å². The molecule has 1 saturated heterocycles. The fourth-order valence-corrected chi connectivity index (χ4v) is 4.60. The number of amides is 1. The van der Waals surface area contributed by atoms with Crippen LogP contribution < -0.4 is 9.64 Å². The average Bonchev–Trinajstić information content (AvgIpc) is 2.94. The van der Waals surface area contributed by atoms with Crippen LogP contribution in [0.2, 0.25) is 0 Å². The number of halogens is 1. The molecule has 0 bridgehead atoms. The molecule has 1 aliphatic heterocycles. The molecule has 2 aromatic rings. The van der Waals surface area contributed by atoms with Gasteiger partial charge in [0.15, 0.2) is 16.4 Å². The summed E-state index contributed by atoms with van der Waals surface area (Å²) >= 11 is 0. The molecule has 132 valence electrons. The third kappa shape index (κ3) is 4.36. The lowest BCUT2D eigenvalue weighted by molar-refractivity contribution is -0.121. The lowest BCUT2D eigenvalue weighted by Crippen LogP contribution is -2.43. The highest BCUT2D eigenvalue weighted by atomic mass is 32.2. The van der Waals surface area contributed by atoms with Gasteiger partial charge in [0.1, 0.15) is 11.6 Å². The first-order valence-electron chi connectivity index (χ1n) is 7.90. The lowest BCUT2D eigenvalue weighted by atomic mass is 10.2. The Hall–Kier alpha value is -2.41. The summed E-state index contributed by atoms with van der Waals surface area (Å²) in [5.74, 6) is -0.558. The van der Waals surface area contributed by atoms with E-state index < -0.39 is 21.7 Å². The lowest BCUT2D eigenvalue weighted by Gasteiger charge is -2.28. The normalized spacial score (nSPS) is 18.7. The minimum absolute atomic E-state index is 0.0619. The van der Waals surface area contributed by atoms with Crippen molar-refractivity contribution in [1.29, 1.82) is 0 Å². The van der Waals surface area contributed by atoms with Crippen LogP contribution in [-0.4, -0.2) is 38.5 Å². The summed E-state index contributed by atoms with van der Waals surface area (Å²) in [7, 11) is -3.14. The minimum atomic E-state index is -3.14. The van der Waals surface area contributed by atoms with Crippen molar-refractivity contribution < 1.29 is 22.3 Å². The summed E-state index contributed by atoms with van der Waals surface area (Å²) in [4.78, 5) is 14.2. The fourth-order valence-electron chi connectivity index (χ4n) is 2.90. The molecule has 3 rings (SSSR count). The van der Waals surface area contributed by atoms with Crippen LogP contribution in [0.1, 0.15) is 6.42 Å². The standard InChI is InChI=1S/C18H18FNO4S/c19-14-5-4-8-17(11-14)24-12-18(21)20(15-6-2-1-3-7-15)16-9-10-25(22,23)13-16/h1-8,11,16H,9-10,12-13H2/t16-/m0/s1. The Bertz CT molecular complexity index is 854. The van der Waals surface area contributed by atoms with Gasteiger partial charge in [-0.15, -0.1) is 0 Å². The molecule has 5 nitrogen and oxygen atoms in total. The van der Waals surface area contributed by atoms with E-state index in [9.17, 15) is 17.6 Å². The summed E-state index contributed by atoms with van der Waals surface area (Å²) in [6, 6.07) is 14.0. The van der Waals surface area contributed by atoms with Crippen molar-refractivity contribution in [2.45, 2.75) is 12.5 Å². The molecule has 0 aromatic heterocycles. The second kappa shape index (κ2) is 7.23. The van der Waals surface area contributed by atoms with Crippen LogP contribution in [0.4, 0.5) is 10.1 Å². The third-order valence-electron chi connectivity index (χ3n) is 4.03. The van der Waals surface area contributed by atoms with Gasteiger partial charge in [0, 0.05) is 11.8 Å². The first kappa shape index (κ1) is 17.4. The second-order valence-corrected chi connectivity index (χ2v) is 8.13. The van der Waals surface area contributed by atoms with Crippen LogP contribution in [0, 0.1) is 5.82 Å². The molecule has 1 atom stereocenters. The Morgan fingerprint density at radius 1 is 1.16 bits per heavy atom. The zero-order valence-electron chi connectivity index (χ0n) is 13.5. The van der Waals surface area contributed by atoms with E-state index in [2.05, 4.69) is 0 Å². The summed E-state index contributed by atoms with van der Waals surface area (Å²) in [6.45, 7) is -0.297. The summed E-state index contributed by atoms with van der Waals surface area (Å²) in [5, 5.41) is 0. The van der Waals surface area contributed by atoms with Crippen molar-refractivity contribution in [1.82, 2.24) is 0 Å². The molecule has 1 heterocycles. The van der Waals surface area contributed by atoms with E-state index in [1.807, 2.05) is 6.07 Å². The minimum Gasteiger partial charge on any atom is -0.484 e. The molecule has 0 N–H and O–H groups in total. The Kier molecular flexibility index (Phi) is 5.03. The SMILES string of the molecule is O=C(COc1cccc(F)c1)N(c1ccccc1)[C@H]1CCS(=O)(=O)C1. The van der Waals surface area contributed by atoms with Gasteiger partial charge < -0.3 is 9.64 Å². The number of nitrogens with zero attached hydrogens (tertiary/aromatic N) is 1. The van der Waals surface area contributed by atoms with Crippen LogP contribution >= 0.6 is 0 Å². The van der Waals surface area contributed by atoms with E-state index in [1.54, 1.807) is 30.3 Å². The predicted molar refractivity (Wildman–Crippen MR) is 92.9 cm³/mol.